The molecular weight excluding hydrogens is 279 g/mol. The number of halogens is 1. The highest BCUT2D eigenvalue weighted by molar-refractivity contribution is 7.89. The van der Waals surface area contributed by atoms with Crippen LogP contribution in [0.25, 0.3) is 0 Å². The zero-order valence-corrected chi connectivity index (χ0v) is 12.7. The normalized spacial score (nSPS) is 24.8. The minimum atomic E-state index is -3.59. The van der Waals surface area contributed by atoms with Gasteiger partial charge < -0.3 is 5.32 Å². The van der Waals surface area contributed by atoms with Gasteiger partial charge in [0.1, 0.15) is 5.82 Å². The number of piperidine rings is 1. The Kier molecular flexibility index (Phi) is 4.78. The van der Waals surface area contributed by atoms with E-state index in [4.69, 9.17) is 0 Å². The monoisotopic (exact) mass is 300 g/mol. The first-order chi connectivity index (χ1) is 9.48. The van der Waals surface area contributed by atoms with Crippen molar-refractivity contribution in [2.75, 3.05) is 20.1 Å². The van der Waals surface area contributed by atoms with E-state index in [1.54, 1.807) is 0 Å². The molecule has 20 heavy (non-hydrogen) atoms. The van der Waals surface area contributed by atoms with Gasteiger partial charge in [0.25, 0.3) is 0 Å². The average Bonchev–Trinajstić information content (AvgIpc) is 2.46. The van der Waals surface area contributed by atoms with E-state index in [0.29, 0.717) is 19.1 Å². The molecule has 1 heterocycles. The summed E-state index contributed by atoms with van der Waals surface area (Å²) in [5, 5.41) is 3.24. The minimum absolute atomic E-state index is 0.0373. The van der Waals surface area contributed by atoms with Crippen LogP contribution in [0.4, 0.5) is 4.39 Å². The first-order valence-electron chi connectivity index (χ1n) is 6.92. The molecule has 2 rings (SSSR count). The minimum Gasteiger partial charge on any atom is -0.317 e. The van der Waals surface area contributed by atoms with E-state index in [9.17, 15) is 12.8 Å². The lowest BCUT2D eigenvalue weighted by molar-refractivity contribution is 0.209. The Labute approximate surface area is 120 Å². The predicted molar refractivity (Wildman–Crippen MR) is 76.4 cm³/mol. The lowest BCUT2D eigenvalue weighted by atomic mass is 9.91. The summed E-state index contributed by atoms with van der Waals surface area (Å²) in [5.74, 6) is -0.236. The maximum atomic E-state index is 13.2. The van der Waals surface area contributed by atoms with Crippen molar-refractivity contribution in [3.8, 4) is 0 Å². The fourth-order valence-electron chi connectivity index (χ4n) is 2.79. The number of nitrogens with one attached hydrogen (secondary N) is 1. The molecule has 6 heteroatoms. The van der Waals surface area contributed by atoms with Crippen molar-refractivity contribution >= 4 is 10.0 Å². The fourth-order valence-corrected chi connectivity index (χ4v) is 4.33. The van der Waals surface area contributed by atoms with Crippen LogP contribution in [0.3, 0.4) is 0 Å². The highest BCUT2D eigenvalue weighted by Gasteiger charge is 2.34. The van der Waals surface area contributed by atoms with Crippen molar-refractivity contribution in [3.63, 3.8) is 0 Å². The molecule has 0 bridgehead atoms. The molecule has 2 unspecified atom stereocenters. The second-order valence-corrected chi connectivity index (χ2v) is 7.11. The molecule has 1 fully saturated rings. The SMILES string of the molecule is CCC1CN(S(=O)(=O)c2cccc(F)c2)CCC1NC. The molecule has 0 amide bonds. The summed E-state index contributed by atoms with van der Waals surface area (Å²) in [6.07, 6.45) is 1.70. The summed E-state index contributed by atoms with van der Waals surface area (Å²) in [4.78, 5) is 0.0373. The van der Waals surface area contributed by atoms with Crippen LogP contribution in [-0.2, 0) is 10.0 Å². The maximum absolute atomic E-state index is 13.2. The van der Waals surface area contributed by atoms with Gasteiger partial charge in [0.15, 0.2) is 0 Å². The van der Waals surface area contributed by atoms with Crippen molar-refractivity contribution in [3.05, 3.63) is 30.1 Å². The standard InChI is InChI=1S/C14H21FN2O2S/c1-3-11-10-17(8-7-14(11)16-2)20(18,19)13-6-4-5-12(15)9-13/h4-6,9,11,14,16H,3,7-8,10H2,1-2H3. The summed E-state index contributed by atoms with van der Waals surface area (Å²) in [6, 6.07) is 5.56. The van der Waals surface area contributed by atoms with Crippen molar-refractivity contribution in [2.45, 2.75) is 30.7 Å². The van der Waals surface area contributed by atoms with Crippen molar-refractivity contribution in [1.29, 1.82) is 0 Å². The topological polar surface area (TPSA) is 49.4 Å². The second kappa shape index (κ2) is 6.20. The quantitative estimate of drug-likeness (QED) is 0.923. The van der Waals surface area contributed by atoms with Gasteiger partial charge in [-0.05, 0) is 37.6 Å². The van der Waals surface area contributed by atoms with Gasteiger partial charge in [-0.2, -0.15) is 4.31 Å². The van der Waals surface area contributed by atoms with Gasteiger partial charge in [0, 0.05) is 19.1 Å². The molecule has 0 aliphatic carbocycles. The Morgan fingerprint density at radius 1 is 1.45 bits per heavy atom. The Morgan fingerprint density at radius 3 is 2.80 bits per heavy atom. The Morgan fingerprint density at radius 2 is 2.20 bits per heavy atom. The highest BCUT2D eigenvalue weighted by Crippen LogP contribution is 2.25. The molecule has 0 radical (unpaired) electrons. The molecule has 4 nitrogen and oxygen atoms in total. The van der Waals surface area contributed by atoms with E-state index < -0.39 is 15.8 Å². The molecule has 1 saturated heterocycles. The van der Waals surface area contributed by atoms with Crippen LogP contribution < -0.4 is 5.32 Å². The largest absolute Gasteiger partial charge is 0.317 e. The first-order valence-corrected chi connectivity index (χ1v) is 8.36. The number of hydrogen-bond donors (Lipinski definition) is 1. The molecular formula is C14H21FN2O2S. The zero-order chi connectivity index (χ0) is 14.8. The number of rotatable bonds is 4. The number of benzene rings is 1. The molecule has 1 aliphatic heterocycles. The van der Waals surface area contributed by atoms with Crippen LogP contribution in [0.5, 0.6) is 0 Å². The van der Waals surface area contributed by atoms with Crippen LogP contribution in [0.2, 0.25) is 0 Å². The van der Waals surface area contributed by atoms with E-state index in [0.717, 1.165) is 18.9 Å². The van der Waals surface area contributed by atoms with E-state index in [2.05, 4.69) is 12.2 Å². The van der Waals surface area contributed by atoms with E-state index in [1.165, 1.54) is 22.5 Å². The average molecular weight is 300 g/mol. The van der Waals surface area contributed by atoms with Gasteiger partial charge in [0.05, 0.1) is 4.90 Å². The number of hydrogen-bond acceptors (Lipinski definition) is 3. The summed E-state index contributed by atoms with van der Waals surface area (Å²) >= 11 is 0. The summed E-state index contributed by atoms with van der Waals surface area (Å²) in [7, 11) is -1.69. The van der Waals surface area contributed by atoms with Crippen molar-refractivity contribution < 1.29 is 12.8 Å². The summed E-state index contributed by atoms with van der Waals surface area (Å²) in [5.41, 5.74) is 0. The molecule has 1 N–H and O–H groups in total. The van der Waals surface area contributed by atoms with Gasteiger partial charge in [-0.1, -0.05) is 19.4 Å². The lowest BCUT2D eigenvalue weighted by Crippen LogP contribution is -2.49. The highest BCUT2D eigenvalue weighted by atomic mass is 32.2. The van der Waals surface area contributed by atoms with E-state index in [1.807, 2.05) is 7.05 Å². The molecule has 0 aromatic heterocycles. The molecule has 112 valence electrons. The Hall–Kier alpha value is -0.980. The van der Waals surface area contributed by atoms with Crippen molar-refractivity contribution in [2.24, 2.45) is 5.92 Å². The maximum Gasteiger partial charge on any atom is 0.243 e. The van der Waals surface area contributed by atoms with Crippen molar-refractivity contribution in [1.82, 2.24) is 9.62 Å². The third-order valence-electron chi connectivity index (χ3n) is 4.03. The van der Waals surface area contributed by atoms with Gasteiger partial charge >= 0.3 is 0 Å². The lowest BCUT2D eigenvalue weighted by Gasteiger charge is -2.37. The summed E-state index contributed by atoms with van der Waals surface area (Å²) < 4.78 is 39.8. The zero-order valence-electron chi connectivity index (χ0n) is 11.8. The van der Waals surface area contributed by atoms with Crippen LogP contribution >= 0.6 is 0 Å². The molecule has 0 saturated carbocycles. The smallest absolute Gasteiger partial charge is 0.243 e. The molecule has 1 aromatic rings. The molecule has 2 atom stereocenters. The fraction of sp³-hybridized carbons (Fsp3) is 0.571. The predicted octanol–water partition coefficient (Wildman–Crippen LogP) is 1.83. The van der Waals surface area contributed by atoms with Gasteiger partial charge in [-0.25, -0.2) is 12.8 Å². The van der Waals surface area contributed by atoms with Gasteiger partial charge in [-0.3, -0.25) is 0 Å². The first kappa shape index (κ1) is 15.4. The molecule has 0 spiro atoms. The van der Waals surface area contributed by atoms with Gasteiger partial charge in [0.2, 0.25) is 10.0 Å². The van der Waals surface area contributed by atoms with Crippen LogP contribution in [0.1, 0.15) is 19.8 Å². The van der Waals surface area contributed by atoms with Crippen LogP contribution in [0.15, 0.2) is 29.2 Å². The number of sulfonamides is 1. The Balaban J connectivity index is 2.23. The van der Waals surface area contributed by atoms with Crippen LogP contribution in [0, 0.1) is 11.7 Å². The van der Waals surface area contributed by atoms with Gasteiger partial charge in [-0.15, -0.1) is 0 Å². The second-order valence-electron chi connectivity index (χ2n) is 5.17. The summed E-state index contributed by atoms with van der Waals surface area (Å²) in [6.45, 7) is 3.02. The Bertz CT molecular complexity index is 562. The molecule has 1 aromatic carbocycles. The third-order valence-corrected chi connectivity index (χ3v) is 5.89. The third kappa shape index (κ3) is 3.02. The number of nitrogens with zero attached hydrogens (tertiary/aromatic N) is 1. The van der Waals surface area contributed by atoms with Crippen LogP contribution in [-0.4, -0.2) is 38.9 Å². The van der Waals surface area contributed by atoms with E-state index in [-0.39, 0.29) is 10.8 Å². The molecule has 1 aliphatic rings. The van der Waals surface area contributed by atoms with E-state index >= 15 is 0 Å².